The van der Waals surface area contributed by atoms with Gasteiger partial charge in [0.2, 0.25) is 0 Å². The maximum atomic E-state index is 4.47. The fourth-order valence-electron chi connectivity index (χ4n) is 3.38. The summed E-state index contributed by atoms with van der Waals surface area (Å²) in [5.74, 6) is 0. The number of hydrogen-bond acceptors (Lipinski definition) is 1. The van der Waals surface area contributed by atoms with Crippen LogP contribution in [0.3, 0.4) is 0 Å². The molecule has 101 valence electrons. The highest BCUT2D eigenvalue weighted by molar-refractivity contribution is 6.16. The zero-order valence-electron chi connectivity index (χ0n) is 11.9. The van der Waals surface area contributed by atoms with E-state index in [4.69, 9.17) is 0 Å². The van der Waals surface area contributed by atoms with Gasteiger partial charge >= 0.3 is 0 Å². The molecular weight excluding hydrogens is 266 g/mol. The lowest BCUT2D eigenvalue weighted by Gasteiger charge is -2.06. The molecular formula is C21H12N. The van der Waals surface area contributed by atoms with Crippen LogP contribution >= 0.6 is 0 Å². The monoisotopic (exact) mass is 278 g/mol. The third kappa shape index (κ3) is 1.51. The zero-order chi connectivity index (χ0) is 14.5. The number of rotatable bonds is 1. The minimum Gasteiger partial charge on any atom is -0.256 e. The summed E-state index contributed by atoms with van der Waals surface area (Å²) in [5.41, 5.74) is 7.10. The van der Waals surface area contributed by atoms with Crippen molar-refractivity contribution in [3.05, 3.63) is 79.0 Å². The smallest absolute Gasteiger partial charge is 0.0708 e. The molecule has 1 aliphatic carbocycles. The van der Waals surface area contributed by atoms with Gasteiger partial charge in [-0.3, -0.25) is 4.98 Å². The first-order chi connectivity index (χ1) is 10.9. The molecule has 0 atom stereocenters. The van der Waals surface area contributed by atoms with E-state index in [0.29, 0.717) is 0 Å². The molecule has 3 aromatic carbocycles. The van der Waals surface area contributed by atoms with E-state index in [1.807, 2.05) is 24.4 Å². The number of aromatic nitrogens is 1. The largest absolute Gasteiger partial charge is 0.256 e. The van der Waals surface area contributed by atoms with Gasteiger partial charge in [-0.1, -0.05) is 48.5 Å². The average molecular weight is 278 g/mol. The molecule has 5 rings (SSSR count). The molecule has 0 saturated carbocycles. The van der Waals surface area contributed by atoms with Crippen LogP contribution in [0.25, 0.3) is 44.3 Å². The second kappa shape index (κ2) is 4.28. The molecule has 0 N–H and O–H groups in total. The lowest BCUT2D eigenvalue weighted by molar-refractivity contribution is 1.33. The molecule has 4 aromatic rings. The topological polar surface area (TPSA) is 12.9 Å². The van der Waals surface area contributed by atoms with E-state index < -0.39 is 0 Å². The summed E-state index contributed by atoms with van der Waals surface area (Å²) < 4.78 is 0. The Kier molecular flexibility index (Phi) is 2.28. The Morgan fingerprint density at radius 2 is 1.55 bits per heavy atom. The molecule has 1 aromatic heterocycles. The van der Waals surface area contributed by atoms with Crippen LogP contribution in [0.1, 0.15) is 0 Å². The van der Waals surface area contributed by atoms with Crippen LogP contribution in [0.2, 0.25) is 0 Å². The van der Waals surface area contributed by atoms with Crippen molar-refractivity contribution >= 4 is 10.8 Å². The fraction of sp³-hybridized carbons (Fsp3) is 0. The van der Waals surface area contributed by atoms with Crippen molar-refractivity contribution < 1.29 is 0 Å². The molecule has 0 amide bonds. The Hall–Kier alpha value is -2.93. The van der Waals surface area contributed by atoms with Crippen molar-refractivity contribution in [2.75, 3.05) is 0 Å². The van der Waals surface area contributed by atoms with Crippen LogP contribution in [-0.2, 0) is 0 Å². The third-order valence-electron chi connectivity index (χ3n) is 4.33. The third-order valence-corrected chi connectivity index (χ3v) is 4.33. The summed E-state index contributed by atoms with van der Waals surface area (Å²) in [7, 11) is 0. The number of pyridine rings is 1. The number of benzene rings is 3. The lowest BCUT2D eigenvalue weighted by atomic mass is 9.98. The van der Waals surface area contributed by atoms with Crippen LogP contribution in [0.4, 0.5) is 0 Å². The van der Waals surface area contributed by atoms with Gasteiger partial charge in [0.1, 0.15) is 0 Å². The van der Waals surface area contributed by atoms with Gasteiger partial charge in [0.05, 0.1) is 5.69 Å². The van der Waals surface area contributed by atoms with Crippen LogP contribution in [0.5, 0.6) is 0 Å². The van der Waals surface area contributed by atoms with Gasteiger partial charge in [0.15, 0.2) is 0 Å². The van der Waals surface area contributed by atoms with E-state index in [1.165, 1.54) is 33.0 Å². The molecule has 0 unspecified atom stereocenters. The first-order valence-corrected chi connectivity index (χ1v) is 7.42. The van der Waals surface area contributed by atoms with Crippen LogP contribution in [0.15, 0.2) is 72.9 Å². The molecule has 1 aliphatic rings. The van der Waals surface area contributed by atoms with E-state index in [-0.39, 0.29) is 0 Å². The van der Waals surface area contributed by atoms with Gasteiger partial charge in [0, 0.05) is 17.8 Å². The van der Waals surface area contributed by atoms with E-state index in [1.54, 1.807) is 0 Å². The molecule has 1 heteroatoms. The Morgan fingerprint density at radius 3 is 2.41 bits per heavy atom. The molecule has 22 heavy (non-hydrogen) atoms. The van der Waals surface area contributed by atoms with Crippen molar-refractivity contribution in [2.24, 2.45) is 0 Å². The molecule has 0 spiro atoms. The molecule has 0 fully saturated rings. The summed E-state index contributed by atoms with van der Waals surface area (Å²) in [6.07, 6.45) is 1.83. The maximum absolute atomic E-state index is 4.47. The second-order valence-corrected chi connectivity index (χ2v) is 5.59. The number of hydrogen-bond donors (Lipinski definition) is 0. The Balaban J connectivity index is 1.90. The van der Waals surface area contributed by atoms with Crippen molar-refractivity contribution in [1.29, 1.82) is 0 Å². The highest BCUT2D eigenvalue weighted by Crippen LogP contribution is 2.47. The van der Waals surface area contributed by atoms with Crippen LogP contribution in [-0.4, -0.2) is 4.98 Å². The summed E-state index contributed by atoms with van der Waals surface area (Å²) in [6, 6.07) is 26.9. The zero-order valence-corrected chi connectivity index (χ0v) is 11.9. The molecule has 1 heterocycles. The average Bonchev–Trinajstić information content (AvgIpc) is 2.92. The van der Waals surface area contributed by atoms with Gasteiger partial charge in [0.25, 0.3) is 0 Å². The Morgan fingerprint density at radius 1 is 0.727 bits per heavy atom. The minimum atomic E-state index is 0.968. The summed E-state index contributed by atoms with van der Waals surface area (Å²) in [4.78, 5) is 4.47. The van der Waals surface area contributed by atoms with Gasteiger partial charge in [-0.2, -0.15) is 0 Å². The molecule has 1 radical (unpaired) electrons. The highest BCUT2D eigenvalue weighted by Gasteiger charge is 2.21. The van der Waals surface area contributed by atoms with Crippen LogP contribution < -0.4 is 0 Å². The van der Waals surface area contributed by atoms with E-state index in [9.17, 15) is 0 Å². The predicted molar refractivity (Wildman–Crippen MR) is 90.4 cm³/mol. The van der Waals surface area contributed by atoms with Crippen molar-refractivity contribution in [1.82, 2.24) is 4.98 Å². The van der Waals surface area contributed by atoms with Gasteiger partial charge in [-0.15, -0.1) is 0 Å². The minimum absolute atomic E-state index is 0.968. The lowest BCUT2D eigenvalue weighted by Crippen LogP contribution is -1.85. The highest BCUT2D eigenvalue weighted by atomic mass is 14.7. The van der Waals surface area contributed by atoms with Gasteiger partial charge in [-0.25, -0.2) is 0 Å². The van der Waals surface area contributed by atoms with E-state index in [2.05, 4.69) is 59.6 Å². The fourth-order valence-corrected chi connectivity index (χ4v) is 3.38. The first-order valence-electron chi connectivity index (χ1n) is 7.42. The molecule has 0 aliphatic heterocycles. The molecule has 1 nitrogen and oxygen atoms in total. The summed E-state index contributed by atoms with van der Waals surface area (Å²) >= 11 is 0. The Bertz CT molecular complexity index is 1020. The number of nitrogens with zero attached hydrogens (tertiary/aromatic N) is 1. The molecule has 0 bridgehead atoms. The van der Waals surface area contributed by atoms with E-state index >= 15 is 0 Å². The normalized spacial score (nSPS) is 11.6. The van der Waals surface area contributed by atoms with Gasteiger partial charge < -0.3 is 0 Å². The summed E-state index contributed by atoms with van der Waals surface area (Å²) in [5, 5.41) is 2.56. The SMILES string of the molecule is [c]1c(-c2ccccn2)cc2cccc3c2c1-c1ccccc1-3. The predicted octanol–water partition coefficient (Wildman–Crippen LogP) is 5.35. The van der Waals surface area contributed by atoms with Crippen molar-refractivity contribution in [3.63, 3.8) is 0 Å². The van der Waals surface area contributed by atoms with Crippen molar-refractivity contribution in [2.45, 2.75) is 0 Å². The maximum Gasteiger partial charge on any atom is 0.0708 e. The van der Waals surface area contributed by atoms with Gasteiger partial charge in [-0.05, 0) is 51.2 Å². The quantitative estimate of drug-likeness (QED) is 0.403. The first kappa shape index (κ1) is 11.7. The Labute approximate surface area is 128 Å². The number of fused-ring (bicyclic) bond motifs is 3. The summed E-state index contributed by atoms with van der Waals surface area (Å²) in [6.45, 7) is 0. The molecule has 0 saturated heterocycles. The van der Waals surface area contributed by atoms with Crippen molar-refractivity contribution in [3.8, 4) is 33.5 Å². The second-order valence-electron chi connectivity index (χ2n) is 5.59. The standard InChI is InChI=1S/C21H12N/c1-2-8-17-16(7-1)18-9-5-6-14-12-15(13-19(17)21(14)18)20-10-3-4-11-22-20/h1-12H. The van der Waals surface area contributed by atoms with E-state index in [0.717, 1.165) is 11.3 Å². The van der Waals surface area contributed by atoms with Crippen LogP contribution in [0, 0.1) is 6.07 Å².